The lowest BCUT2D eigenvalue weighted by Gasteiger charge is -2.26. The van der Waals surface area contributed by atoms with Crippen molar-refractivity contribution in [1.29, 1.82) is 0 Å². The van der Waals surface area contributed by atoms with Crippen LogP contribution in [-0.2, 0) is 11.8 Å². The number of rotatable bonds is 6. The van der Waals surface area contributed by atoms with Crippen molar-refractivity contribution in [1.82, 2.24) is 9.47 Å². The van der Waals surface area contributed by atoms with Crippen molar-refractivity contribution >= 4 is 11.8 Å². The predicted octanol–water partition coefficient (Wildman–Crippen LogP) is 1.92. The number of aromatic nitrogens is 1. The molecule has 5 nitrogen and oxygen atoms in total. The van der Waals surface area contributed by atoms with Crippen molar-refractivity contribution in [3.8, 4) is 0 Å². The Morgan fingerprint density at radius 3 is 2.62 bits per heavy atom. The summed E-state index contributed by atoms with van der Waals surface area (Å²) in [6.45, 7) is 0.613. The summed E-state index contributed by atoms with van der Waals surface area (Å²) >= 11 is 0. The number of primary amides is 1. The zero-order valence-corrected chi connectivity index (χ0v) is 12.8. The van der Waals surface area contributed by atoms with Crippen molar-refractivity contribution in [2.75, 3.05) is 13.1 Å². The Balaban J connectivity index is 1.96. The topological polar surface area (TPSA) is 68.3 Å². The van der Waals surface area contributed by atoms with Crippen molar-refractivity contribution < 1.29 is 9.59 Å². The molecule has 5 heteroatoms. The molecule has 1 aliphatic rings. The molecule has 0 spiro atoms. The Hall–Kier alpha value is -1.78. The lowest BCUT2D eigenvalue weighted by Crippen LogP contribution is -2.39. The monoisotopic (exact) mass is 291 g/mol. The van der Waals surface area contributed by atoms with Gasteiger partial charge in [0.1, 0.15) is 0 Å². The number of amides is 2. The van der Waals surface area contributed by atoms with E-state index >= 15 is 0 Å². The zero-order valence-electron chi connectivity index (χ0n) is 12.8. The molecule has 0 atom stereocenters. The van der Waals surface area contributed by atoms with Crippen molar-refractivity contribution in [3.63, 3.8) is 0 Å². The first-order chi connectivity index (χ1) is 10.1. The standard InChI is InChI=1S/C16H25N3O2/c1-18-9-8-14(11-18)16(21)19(12-15(17)20)10-7-13-5-3-2-4-6-13/h8-9,11,13H,2-7,10,12H2,1H3,(H2,17,20). The van der Waals surface area contributed by atoms with Gasteiger partial charge >= 0.3 is 0 Å². The number of hydrogen-bond acceptors (Lipinski definition) is 2. The van der Waals surface area contributed by atoms with Gasteiger partial charge in [-0.25, -0.2) is 0 Å². The van der Waals surface area contributed by atoms with Gasteiger partial charge in [0.2, 0.25) is 5.91 Å². The largest absolute Gasteiger partial charge is 0.368 e. The Morgan fingerprint density at radius 1 is 1.33 bits per heavy atom. The average molecular weight is 291 g/mol. The van der Waals surface area contributed by atoms with Crippen molar-refractivity contribution in [3.05, 3.63) is 24.0 Å². The Kier molecular flexibility index (Phi) is 5.42. The second kappa shape index (κ2) is 7.29. The predicted molar refractivity (Wildman–Crippen MR) is 81.7 cm³/mol. The van der Waals surface area contributed by atoms with Gasteiger partial charge in [0, 0.05) is 26.0 Å². The molecule has 1 saturated carbocycles. The van der Waals surface area contributed by atoms with E-state index in [2.05, 4.69) is 0 Å². The fraction of sp³-hybridized carbons (Fsp3) is 0.625. The van der Waals surface area contributed by atoms with Gasteiger partial charge in [0.25, 0.3) is 5.91 Å². The average Bonchev–Trinajstić information content (AvgIpc) is 2.90. The van der Waals surface area contributed by atoms with E-state index in [9.17, 15) is 9.59 Å². The third kappa shape index (κ3) is 4.62. The second-order valence-electron chi connectivity index (χ2n) is 6.05. The molecule has 21 heavy (non-hydrogen) atoms. The normalized spacial score (nSPS) is 15.9. The highest BCUT2D eigenvalue weighted by atomic mass is 16.2. The van der Waals surface area contributed by atoms with E-state index in [-0.39, 0.29) is 12.5 Å². The smallest absolute Gasteiger partial charge is 0.255 e. The summed E-state index contributed by atoms with van der Waals surface area (Å²) in [6.07, 6.45) is 10.9. The molecule has 0 aliphatic heterocycles. The zero-order chi connectivity index (χ0) is 15.2. The summed E-state index contributed by atoms with van der Waals surface area (Å²) in [5.74, 6) is 0.117. The number of hydrogen-bond donors (Lipinski definition) is 1. The van der Waals surface area contributed by atoms with Crippen LogP contribution in [0.5, 0.6) is 0 Å². The van der Waals surface area contributed by atoms with Crippen LogP contribution in [0.1, 0.15) is 48.9 Å². The molecule has 1 aliphatic carbocycles. The summed E-state index contributed by atoms with van der Waals surface area (Å²) in [5.41, 5.74) is 5.90. The third-order valence-corrected chi connectivity index (χ3v) is 4.24. The summed E-state index contributed by atoms with van der Waals surface area (Å²) in [4.78, 5) is 25.3. The first-order valence-corrected chi connectivity index (χ1v) is 7.76. The molecule has 1 heterocycles. The molecule has 2 amide bonds. The molecule has 1 aromatic rings. The van der Waals surface area contributed by atoms with Crippen LogP contribution < -0.4 is 5.73 Å². The van der Waals surface area contributed by atoms with Crippen LogP contribution in [0, 0.1) is 5.92 Å². The van der Waals surface area contributed by atoms with Gasteiger partial charge in [-0.1, -0.05) is 32.1 Å². The molecule has 2 N–H and O–H groups in total. The first kappa shape index (κ1) is 15.6. The van der Waals surface area contributed by atoms with Crippen LogP contribution in [-0.4, -0.2) is 34.4 Å². The molecule has 116 valence electrons. The summed E-state index contributed by atoms with van der Waals surface area (Å²) < 4.78 is 1.83. The second-order valence-corrected chi connectivity index (χ2v) is 6.05. The van der Waals surface area contributed by atoms with Gasteiger partial charge in [0.05, 0.1) is 12.1 Å². The maximum Gasteiger partial charge on any atom is 0.255 e. The van der Waals surface area contributed by atoms with Crippen LogP contribution in [0.2, 0.25) is 0 Å². The highest BCUT2D eigenvalue weighted by Crippen LogP contribution is 2.26. The molecule has 0 radical (unpaired) electrons. The molecule has 0 bridgehead atoms. The van der Waals surface area contributed by atoms with Gasteiger partial charge in [-0.15, -0.1) is 0 Å². The first-order valence-electron chi connectivity index (χ1n) is 7.76. The van der Waals surface area contributed by atoms with Gasteiger partial charge in [-0.3, -0.25) is 9.59 Å². The summed E-state index contributed by atoms with van der Waals surface area (Å²) in [6, 6.07) is 1.77. The molecule has 1 aromatic heterocycles. The van der Waals surface area contributed by atoms with Crippen LogP contribution >= 0.6 is 0 Å². The number of nitrogens with zero attached hydrogens (tertiary/aromatic N) is 2. The SMILES string of the molecule is Cn1ccc(C(=O)N(CCC2CCCCC2)CC(N)=O)c1. The van der Waals surface area contributed by atoms with Gasteiger partial charge in [-0.2, -0.15) is 0 Å². The van der Waals surface area contributed by atoms with Crippen molar-refractivity contribution in [2.24, 2.45) is 18.7 Å². The Bertz CT molecular complexity index is 489. The summed E-state index contributed by atoms with van der Waals surface area (Å²) in [7, 11) is 1.87. The van der Waals surface area contributed by atoms with Gasteiger partial charge in [-0.05, 0) is 18.4 Å². The molecule has 0 unspecified atom stereocenters. The molecular weight excluding hydrogens is 266 g/mol. The van der Waals surface area contributed by atoms with E-state index in [1.165, 1.54) is 32.1 Å². The van der Waals surface area contributed by atoms with Crippen molar-refractivity contribution in [2.45, 2.75) is 38.5 Å². The maximum atomic E-state index is 12.5. The van der Waals surface area contributed by atoms with Gasteiger partial charge in [0.15, 0.2) is 0 Å². The van der Waals surface area contributed by atoms with E-state index in [1.807, 2.05) is 17.8 Å². The molecule has 0 aromatic carbocycles. The molecule has 0 saturated heterocycles. The lowest BCUT2D eigenvalue weighted by molar-refractivity contribution is -0.118. The van der Waals surface area contributed by atoms with E-state index in [4.69, 9.17) is 5.73 Å². The third-order valence-electron chi connectivity index (χ3n) is 4.24. The van der Waals surface area contributed by atoms with Crippen LogP contribution in [0.25, 0.3) is 0 Å². The molecule has 2 rings (SSSR count). The van der Waals surface area contributed by atoms with E-state index in [1.54, 1.807) is 17.2 Å². The lowest BCUT2D eigenvalue weighted by atomic mass is 9.87. The number of carbonyl (C=O) groups excluding carboxylic acids is 2. The number of nitrogens with two attached hydrogens (primary N) is 1. The number of aryl methyl sites for hydroxylation is 1. The van der Waals surface area contributed by atoms with E-state index in [0.717, 1.165) is 6.42 Å². The molecular formula is C16H25N3O2. The minimum atomic E-state index is -0.456. The maximum absolute atomic E-state index is 12.5. The van der Waals surface area contributed by atoms with Crippen LogP contribution in [0.4, 0.5) is 0 Å². The van der Waals surface area contributed by atoms with E-state index < -0.39 is 5.91 Å². The summed E-state index contributed by atoms with van der Waals surface area (Å²) in [5, 5.41) is 0. The fourth-order valence-corrected chi connectivity index (χ4v) is 3.07. The highest BCUT2D eigenvalue weighted by Gasteiger charge is 2.21. The minimum Gasteiger partial charge on any atom is -0.368 e. The Morgan fingerprint density at radius 2 is 2.05 bits per heavy atom. The quantitative estimate of drug-likeness (QED) is 0.870. The highest BCUT2D eigenvalue weighted by molar-refractivity contribution is 5.96. The minimum absolute atomic E-state index is 0.000444. The van der Waals surface area contributed by atoms with Crippen LogP contribution in [0.15, 0.2) is 18.5 Å². The Labute approximate surface area is 126 Å². The van der Waals surface area contributed by atoms with Gasteiger partial charge < -0.3 is 15.2 Å². The molecule has 1 fully saturated rings. The van der Waals surface area contributed by atoms with E-state index in [0.29, 0.717) is 18.0 Å². The van der Waals surface area contributed by atoms with Crippen LogP contribution in [0.3, 0.4) is 0 Å². The number of carbonyl (C=O) groups is 2. The fourth-order valence-electron chi connectivity index (χ4n) is 3.07.